The van der Waals surface area contributed by atoms with Gasteiger partial charge in [-0.25, -0.2) is 9.59 Å². The van der Waals surface area contributed by atoms with Crippen LogP contribution in [-0.2, 0) is 53.0 Å². The van der Waals surface area contributed by atoms with Crippen LogP contribution in [-0.4, -0.2) is 103 Å². The summed E-state index contributed by atoms with van der Waals surface area (Å²) in [7, 11) is 3.59. The van der Waals surface area contributed by atoms with Gasteiger partial charge in [0, 0.05) is 69.7 Å². The highest BCUT2D eigenvalue weighted by Gasteiger charge is 2.30. The maximum Gasteiger partial charge on any atom is 0.414 e. The fraction of sp³-hybridized carbons (Fsp3) is 0.532. The zero-order chi connectivity index (χ0) is 45.9. The van der Waals surface area contributed by atoms with E-state index in [0.717, 1.165) is 18.5 Å². The van der Waals surface area contributed by atoms with Gasteiger partial charge in [0.15, 0.2) is 5.78 Å². The number of ketones is 3. The van der Waals surface area contributed by atoms with E-state index in [-0.39, 0.29) is 85.9 Å². The summed E-state index contributed by atoms with van der Waals surface area (Å²) in [5, 5.41) is 5.39. The maximum absolute atomic E-state index is 13.7. The van der Waals surface area contributed by atoms with Crippen LogP contribution in [0.15, 0.2) is 60.7 Å². The lowest BCUT2D eigenvalue weighted by Gasteiger charge is -2.29. The van der Waals surface area contributed by atoms with Gasteiger partial charge in [0.1, 0.15) is 18.2 Å². The van der Waals surface area contributed by atoms with Gasteiger partial charge >= 0.3 is 12.1 Å². The molecule has 3 atom stereocenters. The zero-order valence-electron chi connectivity index (χ0n) is 37.4. The minimum absolute atomic E-state index is 0.00811. The van der Waals surface area contributed by atoms with Crippen LogP contribution in [0.2, 0.25) is 0 Å². The number of imide groups is 1. The second kappa shape index (κ2) is 25.3. The van der Waals surface area contributed by atoms with Gasteiger partial charge in [-0.15, -0.1) is 0 Å². The minimum atomic E-state index is -0.880. The van der Waals surface area contributed by atoms with Gasteiger partial charge in [-0.3, -0.25) is 43.5 Å². The van der Waals surface area contributed by atoms with Gasteiger partial charge in [-0.1, -0.05) is 70.5 Å². The molecule has 0 saturated heterocycles. The summed E-state index contributed by atoms with van der Waals surface area (Å²) in [6.07, 6.45) is 5.35. The predicted molar refractivity (Wildman–Crippen MR) is 237 cm³/mol. The number of urea groups is 1. The van der Waals surface area contributed by atoms with Crippen molar-refractivity contribution in [3.8, 4) is 0 Å². The molecule has 2 aromatic rings. The third-order valence-electron chi connectivity index (χ3n) is 11.1. The van der Waals surface area contributed by atoms with E-state index in [1.54, 1.807) is 38.2 Å². The molecule has 0 fully saturated rings. The molecule has 0 radical (unpaired) electrons. The number of anilines is 1. The summed E-state index contributed by atoms with van der Waals surface area (Å²) < 4.78 is 5.57. The van der Waals surface area contributed by atoms with Crippen molar-refractivity contribution in [3.63, 3.8) is 0 Å². The van der Waals surface area contributed by atoms with Crippen LogP contribution >= 0.6 is 0 Å². The number of benzene rings is 2. The number of amides is 6. The fourth-order valence-corrected chi connectivity index (χ4v) is 7.55. The van der Waals surface area contributed by atoms with Gasteiger partial charge in [0.2, 0.25) is 5.91 Å². The smallest absolute Gasteiger partial charge is 0.414 e. The molecule has 4 N–H and O–H groups in total. The van der Waals surface area contributed by atoms with Gasteiger partial charge in [0.05, 0.1) is 12.1 Å². The maximum atomic E-state index is 13.7. The molecule has 0 bridgehead atoms. The number of nitrogens with two attached hydrogens (primary N) is 1. The number of rotatable bonds is 27. The Balaban J connectivity index is 1.52. The van der Waals surface area contributed by atoms with E-state index in [9.17, 15) is 38.4 Å². The SMILES string of the molecule is CC(=O)[C@H](C(C)C)N(C)CCc1ccc(N(C)C(=O)OCc2ccc(CC(=O)[C@H](CCCNC(N)=O)NC(=O)[C@@H](CC(=O)CCCCCN3C(=O)C=CC3=O)C(C)C)cc2)cc1. The summed E-state index contributed by atoms with van der Waals surface area (Å²) >= 11 is 0. The van der Waals surface area contributed by atoms with Gasteiger partial charge in [-0.05, 0) is 86.7 Å². The van der Waals surface area contributed by atoms with Gasteiger partial charge in [0.25, 0.3) is 11.8 Å². The Kier molecular flexibility index (Phi) is 20.7. The number of primary amides is 1. The number of carbonyl (C=O) groups excluding carboxylic acids is 8. The van der Waals surface area contributed by atoms with Crippen LogP contribution in [0.5, 0.6) is 0 Å². The van der Waals surface area contributed by atoms with Crippen molar-refractivity contribution in [2.75, 3.05) is 38.6 Å². The second-order valence-electron chi connectivity index (χ2n) is 16.8. The fourth-order valence-electron chi connectivity index (χ4n) is 7.55. The van der Waals surface area contributed by atoms with Crippen molar-refractivity contribution in [3.05, 3.63) is 77.4 Å². The number of nitrogens with zero attached hydrogens (tertiary/aromatic N) is 3. The van der Waals surface area contributed by atoms with Crippen molar-refractivity contribution < 1.29 is 43.1 Å². The van der Waals surface area contributed by atoms with Crippen LogP contribution in [0.3, 0.4) is 0 Å². The molecular formula is C47H66N6O9. The van der Waals surface area contributed by atoms with E-state index >= 15 is 0 Å². The van der Waals surface area contributed by atoms with E-state index in [4.69, 9.17) is 10.5 Å². The Morgan fingerprint density at radius 2 is 1.40 bits per heavy atom. The molecule has 3 rings (SSSR count). The predicted octanol–water partition coefficient (Wildman–Crippen LogP) is 5.31. The Labute approximate surface area is 366 Å². The summed E-state index contributed by atoms with van der Waals surface area (Å²) in [4.78, 5) is 105. The minimum Gasteiger partial charge on any atom is -0.444 e. The molecule has 0 spiro atoms. The normalized spacial score (nSPS) is 13.9. The lowest BCUT2D eigenvalue weighted by Crippen LogP contribution is -2.46. The molecule has 0 aromatic heterocycles. The molecule has 1 aliphatic rings. The molecule has 2 aromatic carbocycles. The molecule has 6 amide bonds. The van der Waals surface area contributed by atoms with Crippen LogP contribution in [0, 0.1) is 17.8 Å². The first kappa shape index (κ1) is 50.7. The molecule has 0 aliphatic carbocycles. The third kappa shape index (κ3) is 16.6. The van der Waals surface area contributed by atoms with Crippen LogP contribution < -0.4 is 21.3 Å². The average molecular weight is 859 g/mol. The number of Topliss-reactive ketones (excluding diaryl/α,β-unsaturated/α-hetero) is 3. The molecule has 0 unspecified atom stereocenters. The average Bonchev–Trinajstić information content (AvgIpc) is 3.54. The lowest BCUT2D eigenvalue weighted by molar-refractivity contribution is -0.137. The van der Waals surface area contributed by atoms with E-state index in [1.165, 1.54) is 22.0 Å². The second-order valence-corrected chi connectivity index (χ2v) is 16.8. The number of hydrogen-bond acceptors (Lipinski definition) is 10. The number of carbonyl (C=O) groups is 8. The summed E-state index contributed by atoms with van der Waals surface area (Å²) in [6.45, 7) is 10.6. The number of likely N-dealkylation sites (N-methyl/N-ethyl adjacent to an activating group) is 1. The van der Waals surface area contributed by atoms with Crippen LogP contribution in [0.1, 0.15) is 96.3 Å². The molecule has 62 heavy (non-hydrogen) atoms. The van der Waals surface area contributed by atoms with Crippen LogP contribution in [0.4, 0.5) is 15.3 Å². The van der Waals surface area contributed by atoms with Crippen molar-refractivity contribution in [1.29, 1.82) is 0 Å². The highest BCUT2D eigenvalue weighted by atomic mass is 16.6. The molecular weight excluding hydrogens is 793 g/mol. The standard InChI is InChI=1S/C47H66N6O9/c1-31(2)39(29-38(55)12-9-8-10-26-53-42(57)22-23-43(53)58)45(59)50-40(13-11-25-49-46(48)60)41(56)28-35-14-16-36(17-15-35)30-62-47(61)52(7)37-20-18-34(19-21-37)24-27-51(6)44(32(3)4)33(5)54/h14-23,31-32,39-40,44H,8-13,24-30H2,1-7H3,(H,50,59)(H3,48,49,60)/t39-,40-,44-/m0/s1. The summed E-state index contributed by atoms with van der Waals surface area (Å²) in [5.74, 6) is -1.89. The Morgan fingerprint density at radius 3 is 1.98 bits per heavy atom. The number of hydrogen-bond donors (Lipinski definition) is 3. The lowest BCUT2D eigenvalue weighted by atomic mass is 9.88. The van der Waals surface area contributed by atoms with E-state index in [2.05, 4.69) is 15.5 Å². The number of ether oxygens (including phenoxy) is 1. The first-order valence-corrected chi connectivity index (χ1v) is 21.6. The highest BCUT2D eigenvalue weighted by Crippen LogP contribution is 2.21. The molecule has 15 heteroatoms. The molecule has 0 saturated carbocycles. The number of nitrogens with one attached hydrogen (secondary N) is 2. The Hall–Kier alpha value is -5.70. The van der Waals surface area contributed by atoms with Crippen molar-refractivity contribution in [2.45, 2.75) is 111 Å². The van der Waals surface area contributed by atoms with E-state index in [1.807, 2.05) is 59.0 Å². The quantitative estimate of drug-likeness (QED) is 0.0780. The largest absolute Gasteiger partial charge is 0.444 e. The molecule has 338 valence electrons. The van der Waals surface area contributed by atoms with Crippen molar-refractivity contribution in [2.24, 2.45) is 23.5 Å². The molecule has 1 heterocycles. The number of unbranched alkanes of at least 4 members (excludes halogenated alkanes) is 2. The first-order chi connectivity index (χ1) is 29.4. The van der Waals surface area contributed by atoms with Crippen molar-refractivity contribution in [1.82, 2.24) is 20.4 Å². The molecule has 15 nitrogen and oxygen atoms in total. The summed E-state index contributed by atoms with van der Waals surface area (Å²) in [5.41, 5.74) is 8.36. The van der Waals surface area contributed by atoms with E-state index in [0.29, 0.717) is 49.0 Å². The molecule has 1 aliphatic heterocycles. The summed E-state index contributed by atoms with van der Waals surface area (Å²) in [6, 6.07) is 13.0. The zero-order valence-corrected chi connectivity index (χ0v) is 37.4. The van der Waals surface area contributed by atoms with Gasteiger partial charge in [-0.2, -0.15) is 0 Å². The van der Waals surface area contributed by atoms with E-state index < -0.39 is 30.0 Å². The van der Waals surface area contributed by atoms with Crippen molar-refractivity contribution >= 4 is 52.9 Å². The third-order valence-corrected chi connectivity index (χ3v) is 11.1. The monoisotopic (exact) mass is 858 g/mol. The Morgan fingerprint density at radius 1 is 0.790 bits per heavy atom. The van der Waals surface area contributed by atoms with Crippen LogP contribution in [0.25, 0.3) is 0 Å². The van der Waals surface area contributed by atoms with Gasteiger partial charge < -0.3 is 21.1 Å². The first-order valence-electron chi connectivity index (χ1n) is 21.6. The Bertz CT molecular complexity index is 1880. The topological polar surface area (TPSA) is 206 Å². The highest BCUT2D eigenvalue weighted by molar-refractivity contribution is 6.12.